The quantitative estimate of drug-likeness (QED) is 0.706. The maximum atomic E-state index is 9.42. The van der Waals surface area contributed by atoms with Crippen molar-refractivity contribution in [2.45, 2.75) is 11.4 Å². The zero-order valence-electron chi connectivity index (χ0n) is 12.0. The first kappa shape index (κ1) is 14.5. The van der Waals surface area contributed by atoms with Crippen LogP contribution in [0.4, 0.5) is 5.95 Å². The molecule has 0 spiro atoms. The number of hydrogen-bond acceptors (Lipinski definition) is 4. The van der Waals surface area contributed by atoms with Gasteiger partial charge in [0.15, 0.2) is 5.95 Å². The molecule has 4 nitrogen and oxygen atoms in total. The Morgan fingerprint density at radius 2 is 1.86 bits per heavy atom. The molecule has 3 aromatic rings. The predicted octanol–water partition coefficient (Wildman–Crippen LogP) is 3.63. The van der Waals surface area contributed by atoms with Crippen molar-refractivity contribution in [1.82, 2.24) is 9.55 Å². The number of anilines is 1. The van der Waals surface area contributed by atoms with Crippen LogP contribution in [0, 0.1) is 0 Å². The van der Waals surface area contributed by atoms with Crippen LogP contribution < -0.4 is 5.73 Å². The zero-order chi connectivity index (χ0) is 15.4. The third-order valence-electron chi connectivity index (χ3n) is 3.40. The fourth-order valence-corrected chi connectivity index (χ4v) is 3.28. The standard InChI is InChI=1S/C17H17N3OS/c18-17-19-9-10-20(17)11-12-22-16-4-2-1-3-15(16)13-5-7-14(21)8-6-13/h1-10,21H,11-12H2,(H2,18,19). The van der Waals surface area contributed by atoms with E-state index in [-0.39, 0.29) is 5.75 Å². The summed E-state index contributed by atoms with van der Waals surface area (Å²) in [6, 6.07) is 15.6. The topological polar surface area (TPSA) is 64.1 Å². The van der Waals surface area contributed by atoms with E-state index < -0.39 is 0 Å². The van der Waals surface area contributed by atoms with Gasteiger partial charge >= 0.3 is 0 Å². The van der Waals surface area contributed by atoms with Crippen LogP contribution in [0.2, 0.25) is 0 Å². The van der Waals surface area contributed by atoms with E-state index in [4.69, 9.17) is 5.73 Å². The molecule has 0 amide bonds. The van der Waals surface area contributed by atoms with Gasteiger partial charge in [-0.15, -0.1) is 11.8 Å². The zero-order valence-corrected chi connectivity index (χ0v) is 12.8. The molecule has 5 heteroatoms. The van der Waals surface area contributed by atoms with Gasteiger partial charge in [0.2, 0.25) is 0 Å². The van der Waals surface area contributed by atoms with Crippen molar-refractivity contribution in [2.75, 3.05) is 11.5 Å². The molecule has 0 aliphatic rings. The third-order valence-corrected chi connectivity index (χ3v) is 4.46. The number of rotatable bonds is 5. The van der Waals surface area contributed by atoms with Gasteiger partial charge in [-0.2, -0.15) is 0 Å². The molecule has 0 atom stereocenters. The Labute approximate surface area is 133 Å². The van der Waals surface area contributed by atoms with E-state index in [2.05, 4.69) is 17.1 Å². The van der Waals surface area contributed by atoms with E-state index in [1.807, 2.05) is 35.0 Å². The van der Waals surface area contributed by atoms with Crippen molar-refractivity contribution in [2.24, 2.45) is 0 Å². The Morgan fingerprint density at radius 3 is 2.59 bits per heavy atom. The molecule has 1 heterocycles. The van der Waals surface area contributed by atoms with Crippen molar-refractivity contribution in [3.63, 3.8) is 0 Å². The third kappa shape index (κ3) is 3.26. The molecular weight excluding hydrogens is 294 g/mol. The van der Waals surface area contributed by atoms with Gasteiger partial charge < -0.3 is 15.4 Å². The fourth-order valence-electron chi connectivity index (χ4n) is 2.26. The number of nitrogens with two attached hydrogens (primary N) is 1. The monoisotopic (exact) mass is 311 g/mol. The summed E-state index contributed by atoms with van der Waals surface area (Å²) in [5.41, 5.74) is 8.05. The first-order chi connectivity index (χ1) is 10.7. The summed E-state index contributed by atoms with van der Waals surface area (Å²) >= 11 is 1.79. The lowest BCUT2D eigenvalue weighted by Gasteiger charge is -2.10. The van der Waals surface area contributed by atoms with Crippen LogP contribution >= 0.6 is 11.8 Å². The average Bonchev–Trinajstić information content (AvgIpc) is 2.94. The summed E-state index contributed by atoms with van der Waals surface area (Å²) in [6.45, 7) is 0.820. The van der Waals surface area contributed by atoms with Crippen molar-refractivity contribution >= 4 is 17.7 Å². The molecule has 0 fully saturated rings. The summed E-state index contributed by atoms with van der Waals surface area (Å²) in [6.07, 6.45) is 3.60. The van der Waals surface area contributed by atoms with Crippen molar-refractivity contribution in [3.05, 3.63) is 60.9 Å². The molecule has 0 saturated heterocycles. The molecule has 0 aliphatic heterocycles. The van der Waals surface area contributed by atoms with E-state index in [1.165, 1.54) is 10.5 Å². The first-order valence-electron chi connectivity index (χ1n) is 7.02. The second kappa shape index (κ2) is 6.58. The van der Waals surface area contributed by atoms with Gasteiger partial charge in [0.25, 0.3) is 0 Å². The van der Waals surface area contributed by atoms with Gasteiger partial charge in [-0.1, -0.05) is 30.3 Å². The van der Waals surface area contributed by atoms with Crippen molar-refractivity contribution < 1.29 is 5.11 Å². The van der Waals surface area contributed by atoms with Crippen molar-refractivity contribution in [3.8, 4) is 16.9 Å². The van der Waals surface area contributed by atoms with E-state index in [0.29, 0.717) is 5.95 Å². The molecule has 3 N–H and O–H groups in total. The number of aryl methyl sites for hydroxylation is 1. The number of imidazole rings is 1. The Morgan fingerprint density at radius 1 is 1.09 bits per heavy atom. The number of phenols is 1. The van der Waals surface area contributed by atoms with E-state index >= 15 is 0 Å². The Balaban J connectivity index is 1.74. The normalized spacial score (nSPS) is 10.7. The number of thioether (sulfide) groups is 1. The fraction of sp³-hybridized carbons (Fsp3) is 0.118. The van der Waals surface area contributed by atoms with Gasteiger partial charge in [0.05, 0.1) is 0 Å². The molecule has 112 valence electrons. The summed E-state index contributed by atoms with van der Waals surface area (Å²) in [4.78, 5) is 5.24. The Bertz CT molecular complexity index is 753. The lowest BCUT2D eigenvalue weighted by Crippen LogP contribution is -2.04. The van der Waals surface area contributed by atoms with Crippen LogP contribution in [0.1, 0.15) is 0 Å². The molecule has 0 saturated carbocycles. The highest BCUT2D eigenvalue weighted by Gasteiger charge is 2.06. The Kier molecular flexibility index (Phi) is 4.34. The Hall–Kier alpha value is -2.40. The minimum atomic E-state index is 0.282. The summed E-state index contributed by atoms with van der Waals surface area (Å²) in [5.74, 6) is 1.74. The highest BCUT2D eigenvalue weighted by molar-refractivity contribution is 7.99. The number of phenolic OH excluding ortho intramolecular Hbond substituents is 1. The van der Waals surface area contributed by atoms with Crippen LogP contribution in [0.5, 0.6) is 5.75 Å². The molecule has 2 aromatic carbocycles. The largest absolute Gasteiger partial charge is 0.508 e. The number of hydrogen-bond donors (Lipinski definition) is 2. The number of aromatic nitrogens is 2. The van der Waals surface area contributed by atoms with E-state index in [0.717, 1.165) is 17.9 Å². The lowest BCUT2D eigenvalue weighted by atomic mass is 10.1. The summed E-state index contributed by atoms with van der Waals surface area (Å²) < 4.78 is 1.94. The summed E-state index contributed by atoms with van der Waals surface area (Å²) in [7, 11) is 0. The molecular formula is C17H17N3OS. The SMILES string of the molecule is Nc1nccn1CCSc1ccccc1-c1ccc(O)cc1. The minimum Gasteiger partial charge on any atom is -0.508 e. The first-order valence-corrected chi connectivity index (χ1v) is 8.00. The molecule has 0 unspecified atom stereocenters. The lowest BCUT2D eigenvalue weighted by molar-refractivity contribution is 0.475. The molecule has 3 rings (SSSR count). The maximum Gasteiger partial charge on any atom is 0.200 e. The molecule has 0 bridgehead atoms. The van der Waals surface area contributed by atoms with E-state index in [1.54, 1.807) is 30.1 Å². The smallest absolute Gasteiger partial charge is 0.200 e. The molecule has 0 aliphatic carbocycles. The van der Waals surface area contributed by atoms with Gasteiger partial charge in [0, 0.05) is 29.6 Å². The number of benzene rings is 2. The van der Waals surface area contributed by atoms with Crippen LogP contribution in [-0.2, 0) is 6.54 Å². The molecule has 0 radical (unpaired) electrons. The number of aromatic hydroxyl groups is 1. The van der Waals surface area contributed by atoms with Crippen LogP contribution in [-0.4, -0.2) is 20.4 Å². The average molecular weight is 311 g/mol. The minimum absolute atomic E-state index is 0.282. The van der Waals surface area contributed by atoms with Crippen LogP contribution in [0.15, 0.2) is 65.8 Å². The van der Waals surface area contributed by atoms with Crippen LogP contribution in [0.25, 0.3) is 11.1 Å². The van der Waals surface area contributed by atoms with Gasteiger partial charge in [-0.25, -0.2) is 4.98 Å². The predicted molar refractivity (Wildman–Crippen MR) is 90.9 cm³/mol. The number of nitrogen functional groups attached to an aromatic ring is 1. The highest BCUT2D eigenvalue weighted by atomic mass is 32.2. The molecule has 22 heavy (non-hydrogen) atoms. The second-order valence-corrected chi connectivity index (χ2v) is 6.01. The second-order valence-electron chi connectivity index (χ2n) is 4.87. The van der Waals surface area contributed by atoms with Gasteiger partial charge in [-0.05, 0) is 29.3 Å². The maximum absolute atomic E-state index is 9.42. The molecule has 1 aromatic heterocycles. The highest BCUT2D eigenvalue weighted by Crippen LogP contribution is 2.32. The summed E-state index contributed by atoms with van der Waals surface area (Å²) in [5, 5.41) is 9.42. The van der Waals surface area contributed by atoms with Crippen molar-refractivity contribution in [1.29, 1.82) is 0 Å². The van der Waals surface area contributed by atoms with Crippen LogP contribution in [0.3, 0.4) is 0 Å². The van der Waals surface area contributed by atoms with Gasteiger partial charge in [0.1, 0.15) is 5.75 Å². The number of nitrogens with zero attached hydrogens (tertiary/aromatic N) is 2. The van der Waals surface area contributed by atoms with E-state index in [9.17, 15) is 5.11 Å². The van der Waals surface area contributed by atoms with Gasteiger partial charge in [-0.3, -0.25) is 0 Å².